The Hall–Kier alpha value is -0.790. The Morgan fingerprint density at radius 1 is 1.00 bits per heavy atom. The summed E-state index contributed by atoms with van der Waals surface area (Å²) in [5.74, 6) is 1.20. The summed E-state index contributed by atoms with van der Waals surface area (Å²) < 4.78 is 0. The lowest BCUT2D eigenvalue weighted by Gasteiger charge is -2.18. The van der Waals surface area contributed by atoms with Crippen LogP contribution in [0.4, 0.5) is 0 Å². The summed E-state index contributed by atoms with van der Waals surface area (Å²) in [6.07, 6.45) is 21.8. The molecule has 0 saturated heterocycles. The van der Waals surface area contributed by atoms with Gasteiger partial charge in [0.05, 0.1) is 0 Å². The fourth-order valence-corrected chi connectivity index (χ4v) is 3.74. The SMILES string of the molecule is CCCCCC=CC[C@H]1CCC[C@@H]1CCCCCCC(=O)O. The predicted octanol–water partition coefficient (Wildman–Crippen LogP) is 6.35. The zero-order valence-electron chi connectivity index (χ0n) is 14.6. The molecule has 0 radical (unpaired) electrons. The summed E-state index contributed by atoms with van der Waals surface area (Å²) >= 11 is 0. The van der Waals surface area contributed by atoms with E-state index in [0.29, 0.717) is 6.42 Å². The molecule has 0 aromatic heterocycles. The Bertz CT molecular complexity index is 309. The molecule has 0 aromatic rings. The molecule has 2 nitrogen and oxygen atoms in total. The highest BCUT2D eigenvalue weighted by molar-refractivity contribution is 5.66. The lowest BCUT2D eigenvalue weighted by Crippen LogP contribution is -2.07. The smallest absolute Gasteiger partial charge is 0.303 e. The highest BCUT2D eigenvalue weighted by Crippen LogP contribution is 2.37. The first-order valence-electron chi connectivity index (χ1n) is 9.60. The monoisotopic (exact) mass is 308 g/mol. The summed E-state index contributed by atoms with van der Waals surface area (Å²) in [4.78, 5) is 10.5. The Morgan fingerprint density at radius 2 is 1.77 bits per heavy atom. The molecule has 22 heavy (non-hydrogen) atoms. The summed E-state index contributed by atoms with van der Waals surface area (Å²) in [7, 11) is 0. The molecule has 1 aliphatic rings. The van der Waals surface area contributed by atoms with Gasteiger partial charge in [-0.05, 0) is 43.9 Å². The van der Waals surface area contributed by atoms with Crippen LogP contribution in [0.1, 0.15) is 96.8 Å². The molecule has 0 bridgehead atoms. The van der Waals surface area contributed by atoms with Gasteiger partial charge in [0.2, 0.25) is 0 Å². The van der Waals surface area contributed by atoms with Crippen LogP contribution in [0, 0.1) is 11.8 Å². The van der Waals surface area contributed by atoms with Crippen molar-refractivity contribution in [3.8, 4) is 0 Å². The number of carboxylic acid groups (broad SMARTS) is 1. The number of aliphatic carboxylic acids is 1. The molecule has 1 aliphatic carbocycles. The molecular formula is C20H36O2. The topological polar surface area (TPSA) is 37.3 Å². The molecule has 0 aromatic carbocycles. The Kier molecular flexibility index (Phi) is 11.1. The van der Waals surface area contributed by atoms with E-state index in [2.05, 4.69) is 19.1 Å². The first-order valence-corrected chi connectivity index (χ1v) is 9.60. The van der Waals surface area contributed by atoms with Crippen molar-refractivity contribution >= 4 is 5.97 Å². The fourth-order valence-electron chi connectivity index (χ4n) is 3.74. The van der Waals surface area contributed by atoms with Crippen LogP contribution in [0.15, 0.2) is 12.2 Å². The van der Waals surface area contributed by atoms with Gasteiger partial charge in [0.25, 0.3) is 0 Å². The normalized spacial score (nSPS) is 21.7. The van der Waals surface area contributed by atoms with Crippen molar-refractivity contribution in [2.75, 3.05) is 0 Å². The molecule has 2 atom stereocenters. The number of carbonyl (C=O) groups is 1. The quantitative estimate of drug-likeness (QED) is 0.318. The van der Waals surface area contributed by atoms with Gasteiger partial charge in [-0.2, -0.15) is 0 Å². The highest BCUT2D eigenvalue weighted by Gasteiger charge is 2.25. The van der Waals surface area contributed by atoms with Gasteiger partial charge >= 0.3 is 5.97 Å². The maximum atomic E-state index is 10.5. The molecule has 0 unspecified atom stereocenters. The number of hydrogen-bond donors (Lipinski definition) is 1. The zero-order valence-corrected chi connectivity index (χ0v) is 14.6. The van der Waals surface area contributed by atoms with Crippen molar-refractivity contribution in [1.82, 2.24) is 0 Å². The van der Waals surface area contributed by atoms with Crippen LogP contribution in [0.3, 0.4) is 0 Å². The van der Waals surface area contributed by atoms with Gasteiger partial charge in [-0.25, -0.2) is 0 Å². The van der Waals surface area contributed by atoms with Crippen molar-refractivity contribution in [2.45, 2.75) is 96.8 Å². The highest BCUT2D eigenvalue weighted by atomic mass is 16.4. The lowest BCUT2D eigenvalue weighted by atomic mass is 9.88. The van der Waals surface area contributed by atoms with Crippen molar-refractivity contribution in [2.24, 2.45) is 11.8 Å². The molecular weight excluding hydrogens is 272 g/mol. The number of allylic oxidation sites excluding steroid dienone is 2. The van der Waals surface area contributed by atoms with Crippen molar-refractivity contribution < 1.29 is 9.90 Å². The van der Waals surface area contributed by atoms with Gasteiger partial charge in [0.1, 0.15) is 0 Å². The van der Waals surface area contributed by atoms with Crippen molar-refractivity contribution in [3.63, 3.8) is 0 Å². The third kappa shape index (κ3) is 9.27. The van der Waals surface area contributed by atoms with E-state index in [1.54, 1.807) is 0 Å². The minimum atomic E-state index is -0.651. The second-order valence-electron chi connectivity index (χ2n) is 7.00. The van der Waals surface area contributed by atoms with Crippen LogP contribution >= 0.6 is 0 Å². The molecule has 128 valence electrons. The van der Waals surface area contributed by atoms with E-state index in [4.69, 9.17) is 5.11 Å². The second kappa shape index (κ2) is 12.7. The molecule has 0 aliphatic heterocycles. The molecule has 1 rings (SSSR count). The minimum Gasteiger partial charge on any atom is -0.481 e. The van der Waals surface area contributed by atoms with E-state index >= 15 is 0 Å². The Morgan fingerprint density at radius 3 is 2.55 bits per heavy atom. The molecule has 0 heterocycles. The fraction of sp³-hybridized carbons (Fsp3) is 0.850. The number of rotatable bonds is 13. The third-order valence-corrected chi connectivity index (χ3v) is 5.11. The van der Waals surface area contributed by atoms with Crippen molar-refractivity contribution in [1.29, 1.82) is 0 Å². The van der Waals surface area contributed by atoms with Gasteiger partial charge in [0.15, 0.2) is 0 Å². The summed E-state index contributed by atoms with van der Waals surface area (Å²) in [5, 5.41) is 8.62. The van der Waals surface area contributed by atoms with E-state index in [1.807, 2.05) is 0 Å². The number of carboxylic acids is 1. The molecule has 0 amide bonds. The second-order valence-corrected chi connectivity index (χ2v) is 7.00. The lowest BCUT2D eigenvalue weighted by molar-refractivity contribution is -0.137. The molecule has 1 saturated carbocycles. The minimum absolute atomic E-state index is 0.342. The molecule has 0 spiro atoms. The van der Waals surface area contributed by atoms with Gasteiger partial charge in [0, 0.05) is 6.42 Å². The Balaban J connectivity index is 2.06. The summed E-state index contributed by atoms with van der Waals surface area (Å²) in [6, 6.07) is 0. The van der Waals surface area contributed by atoms with E-state index in [-0.39, 0.29) is 0 Å². The largest absolute Gasteiger partial charge is 0.481 e. The first kappa shape index (κ1) is 19.3. The Labute approximate surface area is 137 Å². The molecule has 1 N–H and O–H groups in total. The first-order chi connectivity index (χ1) is 10.7. The van der Waals surface area contributed by atoms with E-state index < -0.39 is 5.97 Å². The number of unbranched alkanes of at least 4 members (excludes halogenated alkanes) is 6. The van der Waals surface area contributed by atoms with Crippen LogP contribution in [-0.2, 0) is 4.79 Å². The average Bonchev–Trinajstić information content (AvgIpc) is 2.93. The zero-order chi connectivity index (χ0) is 16.0. The van der Waals surface area contributed by atoms with Crippen LogP contribution in [0.25, 0.3) is 0 Å². The standard InChI is InChI=1S/C20H36O2/c1-2-3-4-5-6-9-13-18-15-12-16-19(18)14-10-7-8-11-17-20(21)22/h6,9,18-19H,2-5,7-8,10-17H2,1H3,(H,21,22)/t18-,19-/m0/s1. The van der Waals surface area contributed by atoms with Crippen LogP contribution in [0.2, 0.25) is 0 Å². The van der Waals surface area contributed by atoms with Gasteiger partial charge < -0.3 is 5.11 Å². The van der Waals surface area contributed by atoms with Gasteiger partial charge in [-0.15, -0.1) is 0 Å². The maximum absolute atomic E-state index is 10.5. The van der Waals surface area contributed by atoms with Crippen LogP contribution < -0.4 is 0 Å². The van der Waals surface area contributed by atoms with Crippen LogP contribution in [-0.4, -0.2) is 11.1 Å². The summed E-state index contributed by atoms with van der Waals surface area (Å²) in [6.45, 7) is 2.26. The van der Waals surface area contributed by atoms with Crippen LogP contribution in [0.5, 0.6) is 0 Å². The predicted molar refractivity (Wildman–Crippen MR) is 94.1 cm³/mol. The van der Waals surface area contributed by atoms with Crippen molar-refractivity contribution in [3.05, 3.63) is 12.2 Å². The van der Waals surface area contributed by atoms with E-state index in [1.165, 1.54) is 70.6 Å². The third-order valence-electron chi connectivity index (χ3n) is 5.11. The van der Waals surface area contributed by atoms with Gasteiger partial charge in [-0.1, -0.05) is 70.4 Å². The maximum Gasteiger partial charge on any atom is 0.303 e. The molecule has 2 heteroatoms. The average molecular weight is 309 g/mol. The molecule has 1 fully saturated rings. The summed E-state index contributed by atoms with van der Waals surface area (Å²) in [5.41, 5.74) is 0. The van der Waals surface area contributed by atoms with E-state index in [0.717, 1.165) is 24.7 Å². The number of hydrogen-bond acceptors (Lipinski definition) is 1. The van der Waals surface area contributed by atoms with Gasteiger partial charge in [-0.3, -0.25) is 4.79 Å². The van der Waals surface area contributed by atoms with E-state index in [9.17, 15) is 4.79 Å².